The van der Waals surface area contributed by atoms with Gasteiger partial charge in [0.05, 0.1) is 17.8 Å². The van der Waals surface area contributed by atoms with E-state index in [4.69, 9.17) is 26.3 Å². The number of hydrogen-bond acceptors (Lipinski definition) is 5. The number of rotatable bonds is 4. The van der Waals surface area contributed by atoms with Gasteiger partial charge in [0.1, 0.15) is 11.6 Å². The average molecular weight is 496 g/mol. The lowest BCUT2D eigenvalue weighted by atomic mass is 9.99. The molecule has 1 fully saturated rings. The molecule has 0 unspecified atom stereocenters. The van der Waals surface area contributed by atoms with Crippen LogP contribution >= 0.6 is 11.6 Å². The van der Waals surface area contributed by atoms with Gasteiger partial charge in [-0.15, -0.1) is 0 Å². The Kier molecular flexibility index (Phi) is 6.72. The molecule has 182 valence electrons. The molecule has 0 aliphatic carbocycles. The van der Waals surface area contributed by atoms with E-state index in [1.165, 1.54) is 12.1 Å². The lowest BCUT2D eigenvalue weighted by Crippen LogP contribution is -2.40. The Morgan fingerprint density at radius 3 is 2.69 bits per heavy atom. The SMILES string of the molecule is CC1CCN(c2nc3c(c(Oc4cccc(F)c4)n2)CN(C(=O)Nc2cccc(Cl)c2)CC3)CC1. The minimum absolute atomic E-state index is 0.247. The Labute approximate surface area is 208 Å². The number of urea groups is 1. The van der Waals surface area contributed by atoms with E-state index >= 15 is 0 Å². The van der Waals surface area contributed by atoms with Crippen LogP contribution in [0.1, 0.15) is 31.0 Å². The van der Waals surface area contributed by atoms with Crippen molar-refractivity contribution in [3.8, 4) is 11.6 Å². The summed E-state index contributed by atoms with van der Waals surface area (Å²) in [6, 6.07) is 12.7. The van der Waals surface area contributed by atoms with E-state index in [0.29, 0.717) is 47.2 Å². The third kappa shape index (κ3) is 5.48. The van der Waals surface area contributed by atoms with Gasteiger partial charge in [0.25, 0.3) is 0 Å². The van der Waals surface area contributed by atoms with E-state index in [1.807, 2.05) is 0 Å². The lowest BCUT2D eigenvalue weighted by Gasteiger charge is -2.33. The van der Waals surface area contributed by atoms with Crippen LogP contribution in [-0.2, 0) is 13.0 Å². The maximum Gasteiger partial charge on any atom is 0.322 e. The maximum absolute atomic E-state index is 13.8. The lowest BCUT2D eigenvalue weighted by molar-refractivity contribution is 0.205. The fraction of sp³-hybridized carbons (Fsp3) is 0.346. The quantitative estimate of drug-likeness (QED) is 0.489. The number of halogens is 2. The first kappa shape index (κ1) is 23.4. The number of carbonyl (C=O) groups is 1. The Morgan fingerprint density at radius 2 is 1.91 bits per heavy atom. The van der Waals surface area contributed by atoms with Gasteiger partial charge in [-0.1, -0.05) is 30.7 Å². The van der Waals surface area contributed by atoms with Gasteiger partial charge in [0, 0.05) is 42.8 Å². The third-order valence-electron chi connectivity index (χ3n) is 6.45. The second-order valence-electron chi connectivity index (χ2n) is 9.10. The average Bonchev–Trinajstić information content (AvgIpc) is 2.84. The molecule has 0 saturated carbocycles. The predicted molar refractivity (Wildman–Crippen MR) is 134 cm³/mol. The van der Waals surface area contributed by atoms with Crippen LogP contribution in [0.5, 0.6) is 11.6 Å². The van der Waals surface area contributed by atoms with E-state index in [1.54, 1.807) is 41.3 Å². The summed E-state index contributed by atoms with van der Waals surface area (Å²) in [4.78, 5) is 26.4. The van der Waals surface area contributed by atoms with E-state index in [2.05, 4.69) is 17.1 Å². The van der Waals surface area contributed by atoms with Gasteiger partial charge in [-0.05, 0) is 49.1 Å². The third-order valence-corrected chi connectivity index (χ3v) is 6.69. The number of piperidine rings is 1. The molecular formula is C26H27ClFN5O2. The minimum Gasteiger partial charge on any atom is -0.438 e. The number of nitrogens with one attached hydrogen (secondary N) is 1. The van der Waals surface area contributed by atoms with Crippen molar-refractivity contribution >= 4 is 29.3 Å². The zero-order valence-corrected chi connectivity index (χ0v) is 20.3. The van der Waals surface area contributed by atoms with Gasteiger partial charge >= 0.3 is 6.03 Å². The molecule has 2 aliphatic rings. The number of hydrogen-bond donors (Lipinski definition) is 1. The van der Waals surface area contributed by atoms with E-state index < -0.39 is 5.82 Å². The van der Waals surface area contributed by atoms with Crippen molar-refractivity contribution in [2.75, 3.05) is 29.9 Å². The van der Waals surface area contributed by atoms with E-state index in [-0.39, 0.29) is 12.6 Å². The molecule has 1 aromatic heterocycles. The Balaban J connectivity index is 1.43. The first-order valence-electron chi connectivity index (χ1n) is 11.8. The molecule has 1 N–H and O–H groups in total. The fourth-order valence-electron chi connectivity index (χ4n) is 4.39. The molecule has 2 aliphatic heterocycles. The molecule has 7 nitrogen and oxygen atoms in total. The van der Waals surface area contributed by atoms with Crippen LogP contribution in [0.3, 0.4) is 0 Å². The van der Waals surface area contributed by atoms with Crippen LogP contribution < -0.4 is 15.0 Å². The number of amides is 2. The largest absolute Gasteiger partial charge is 0.438 e. The highest BCUT2D eigenvalue weighted by Gasteiger charge is 2.29. The molecule has 0 bridgehead atoms. The van der Waals surface area contributed by atoms with Crippen LogP contribution in [0.2, 0.25) is 5.02 Å². The van der Waals surface area contributed by atoms with Gasteiger partial charge < -0.3 is 19.9 Å². The van der Waals surface area contributed by atoms with Crippen LogP contribution in [-0.4, -0.2) is 40.5 Å². The summed E-state index contributed by atoms with van der Waals surface area (Å²) < 4.78 is 19.9. The van der Waals surface area contributed by atoms with Gasteiger partial charge in [-0.25, -0.2) is 14.2 Å². The number of benzene rings is 2. The molecule has 1 saturated heterocycles. The van der Waals surface area contributed by atoms with Crippen molar-refractivity contribution in [1.29, 1.82) is 0 Å². The molecule has 2 amide bonds. The van der Waals surface area contributed by atoms with Crippen molar-refractivity contribution in [2.24, 2.45) is 5.92 Å². The minimum atomic E-state index is -0.391. The molecule has 35 heavy (non-hydrogen) atoms. The van der Waals surface area contributed by atoms with Crippen LogP contribution in [0.15, 0.2) is 48.5 Å². The zero-order chi connectivity index (χ0) is 24.4. The highest BCUT2D eigenvalue weighted by atomic mass is 35.5. The molecular weight excluding hydrogens is 469 g/mol. The second-order valence-corrected chi connectivity index (χ2v) is 9.53. The van der Waals surface area contributed by atoms with E-state index in [9.17, 15) is 9.18 Å². The number of fused-ring (bicyclic) bond motifs is 1. The standard InChI is InChI=1S/C26H27ClFN5O2/c1-17-8-11-32(12-9-17)25-30-23-10-13-33(26(34)29-20-6-2-4-18(27)14-20)16-22(23)24(31-25)35-21-7-3-5-19(28)15-21/h2-7,14-15,17H,8-13,16H2,1H3,(H,29,34). The normalized spacial score (nSPS) is 16.1. The maximum atomic E-state index is 13.8. The summed E-state index contributed by atoms with van der Waals surface area (Å²) in [5.74, 6) is 1.62. The van der Waals surface area contributed by atoms with E-state index in [0.717, 1.165) is 37.2 Å². The summed E-state index contributed by atoms with van der Waals surface area (Å²) in [7, 11) is 0. The van der Waals surface area contributed by atoms with Gasteiger partial charge in [-0.3, -0.25) is 0 Å². The van der Waals surface area contributed by atoms with Crippen molar-refractivity contribution in [2.45, 2.75) is 32.7 Å². The molecule has 0 atom stereocenters. The summed E-state index contributed by atoms with van der Waals surface area (Å²) in [5, 5.41) is 3.44. The predicted octanol–water partition coefficient (Wildman–Crippen LogP) is 5.89. The van der Waals surface area contributed by atoms with Gasteiger partial charge in [0.15, 0.2) is 0 Å². The van der Waals surface area contributed by atoms with Gasteiger partial charge in [-0.2, -0.15) is 4.98 Å². The number of aromatic nitrogens is 2. The van der Waals surface area contributed by atoms with Crippen LogP contribution in [0.4, 0.5) is 20.8 Å². The van der Waals surface area contributed by atoms with Crippen molar-refractivity contribution in [1.82, 2.24) is 14.9 Å². The van der Waals surface area contributed by atoms with Gasteiger partial charge in [0.2, 0.25) is 11.8 Å². The second kappa shape index (κ2) is 10.1. The fourth-order valence-corrected chi connectivity index (χ4v) is 4.58. The smallest absolute Gasteiger partial charge is 0.322 e. The molecule has 3 aromatic rings. The number of nitrogens with zero attached hydrogens (tertiary/aromatic N) is 4. The molecule has 3 heterocycles. The monoisotopic (exact) mass is 495 g/mol. The number of carbonyl (C=O) groups excluding carboxylic acids is 1. The molecule has 2 aromatic carbocycles. The van der Waals surface area contributed by atoms with Crippen molar-refractivity contribution in [3.05, 3.63) is 70.6 Å². The first-order chi connectivity index (χ1) is 16.9. The summed E-state index contributed by atoms with van der Waals surface area (Å²) in [5.41, 5.74) is 2.21. The highest BCUT2D eigenvalue weighted by molar-refractivity contribution is 6.30. The Morgan fingerprint density at radius 1 is 1.11 bits per heavy atom. The Hall–Kier alpha value is -3.39. The molecule has 0 spiro atoms. The zero-order valence-electron chi connectivity index (χ0n) is 19.5. The Bertz CT molecular complexity index is 1230. The first-order valence-corrected chi connectivity index (χ1v) is 12.2. The summed E-state index contributed by atoms with van der Waals surface area (Å²) in [6.07, 6.45) is 2.73. The topological polar surface area (TPSA) is 70.6 Å². The van der Waals surface area contributed by atoms with Crippen LogP contribution in [0, 0.1) is 11.7 Å². The van der Waals surface area contributed by atoms with Crippen LogP contribution in [0.25, 0.3) is 0 Å². The summed E-state index contributed by atoms with van der Waals surface area (Å²) >= 11 is 6.05. The highest BCUT2D eigenvalue weighted by Crippen LogP contribution is 2.33. The molecule has 9 heteroatoms. The number of ether oxygens (including phenoxy) is 1. The number of anilines is 2. The van der Waals surface area contributed by atoms with Crippen molar-refractivity contribution in [3.63, 3.8) is 0 Å². The molecule has 0 radical (unpaired) electrons. The summed E-state index contributed by atoms with van der Waals surface area (Å²) in [6.45, 7) is 4.81. The molecule has 5 rings (SSSR count). The van der Waals surface area contributed by atoms with Crippen molar-refractivity contribution < 1.29 is 13.9 Å².